The van der Waals surface area contributed by atoms with E-state index in [1.807, 2.05) is 11.4 Å². The standard InChI is InChI=1S/C9H7BrN2OS2/c10-3-5-4-12-8(13)7-6(1-2-14-7)11-9(12)15-5/h1-2,5H,3-4H2/t5-/m0/s1. The molecule has 1 atom stereocenters. The normalized spacial score (nSPS) is 19.7. The molecule has 0 unspecified atom stereocenters. The van der Waals surface area contributed by atoms with Crippen molar-refractivity contribution < 1.29 is 0 Å². The number of thioether (sulfide) groups is 1. The van der Waals surface area contributed by atoms with Crippen LogP contribution in [0.15, 0.2) is 21.4 Å². The summed E-state index contributed by atoms with van der Waals surface area (Å²) in [5, 5.41) is 4.10. The van der Waals surface area contributed by atoms with E-state index in [0.717, 1.165) is 27.2 Å². The molecule has 0 N–H and O–H groups in total. The number of nitrogens with zero attached hydrogens (tertiary/aromatic N) is 2. The molecule has 3 heterocycles. The highest BCUT2D eigenvalue weighted by molar-refractivity contribution is 9.09. The van der Waals surface area contributed by atoms with Crippen molar-refractivity contribution in [1.29, 1.82) is 0 Å². The van der Waals surface area contributed by atoms with Crippen LogP contribution in [0.2, 0.25) is 0 Å². The largest absolute Gasteiger partial charge is 0.285 e. The van der Waals surface area contributed by atoms with Crippen LogP contribution in [0, 0.1) is 0 Å². The molecule has 0 fully saturated rings. The van der Waals surface area contributed by atoms with Crippen molar-refractivity contribution in [3.63, 3.8) is 0 Å². The summed E-state index contributed by atoms with van der Waals surface area (Å²) in [4.78, 5) is 16.5. The summed E-state index contributed by atoms with van der Waals surface area (Å²) < 4.78 is 2.56. The topological polar surface area (TPSA) is 34.9 Å². The Labute approximate surface area is 103 Å². The van der Waals surface area contributed by atoms with Crippen molar-refractivity contribution in [2.24, 2.45) is 0 Å². The number of alkyl halides is 1. The Morgan fingerprint density at radius 1 is 1.67 bits per heavy atom. The van der Waals surface area contributed by atoms with Gasteiger partial charge in [0.05, 0.1) is 5.52 Å². The third-order valence-corrected chi connectivity index (χ3v) is 5.63. The highest BCUT2D eigenvalue weighted by Gasteiger charge is 2.24. The Hall–Kier alpha value is -0.330. The first-order valence-electron chi connectivity index (χ1n) is 4.50. The van der Waals surface area contributed by atoms with Gasteiger partial charge in [-0.1, -0.05) is 27.7 Å². The summed E-state index contributed by atoms with van der Waals surface area (Å²) in [6.07, 6.45) is 0. The fourth-order valence-corrected chi connectivity index (χ4v) is 4.04. The van der Waals surface area contributed by atoms with Gasteiger partial charge in [-0.3, -0.25) is 9.36 Å². The Morgan fingerprint density at radius 3 is 3.33 bits per heavy atom. The Kier molecular flexibility index (Phi) is 2.37. The highest BCUT2D eigenvalue weighted by atomic mass is 79.9. The summed E-state index contributed by atoms with van der Waals surface area (Å²) >= 11 is 6.59. The lowest BCUT2D eigenvalue weighted by Crippen LogP contribution is -2.21. The van der Waals surface area contributed by atoms with Gasteiger partial charge in [-0.05, 0) is 11.4 Å². The van der Waals surface area contributed by atoms with E-state index < -0.39 is 0 Å². The van der Waals surface area contributed by atoms with E-state index in [1.165, 1.54) is 11.3 Å². The molecule has 0 aromatic carbocycles. The number of fused-ring (bicyclic) bond motifs is 2. The van der Waals surface area contributed by atoms with Crippen LogP contribution in [0.4, 0.5) is 0 Å². The van der Waals surface area contributed by atoms with Crippen molar-refractivity contribution in [2.75, 3.05) is 5.33 Å². The molecule has 0 saturated carbocycles. The lowest BCUT2D eigenvalue weighted by atomic mass is 10.4. The average molecular weight is 303 g/mol. The first-order valence-corrected chi connectivity index (χ1v) is 7.38. The van der Waals surface area contributed by atoms with Crippen LogP contribution in [0.3, 0.4) is 0 Å². The minimum absolute atomic E-state index is 0.112. The van der Waals surface area contributed by atoms with Gasteiger partial charge >= 0.3 is 0 Å². The van der Waals surface area contributed by atoms with Crippen molar-refractivity contribution in [3.8, 4) is 0 Å². The molecular weight excluding hydrogens is 296 g/mol. The predicted octanol–water partition coefficient (Wildman–Crippen LogP) is 2.33. The summed E-state index contributed by atoms with van der Waals surface area (Å²) in [5.74, 6) is 0. The van der Waals surface area contributed by atoms with Crippen LogP contribution in [0.1, 0.15) is 0 Å². The van der Waals surface area contributed by atoms with E-state index in [0.29, 0.717) is 5.25 Å². The fourth-order valence-electron chi connectivity index (χ4n) is 1.64. The zero-order valence-electron chi connectivity index (χ0n) is 7.64. The molecule has 6 heteroatoms. The van der Waals surface area contributed by atoms with Gasteiger partial charge in [0, 0.05) is 17.1 Å². The molecule has 78 valence electrons. The molecule has 3 nitrogen and oxygen atoms in total. The second kappa shape index (κ2) is 3.61. The molecule has 2 aromatic heterocycles. The van der Waals surface area contributed by atoms with Crippen LogP contribution in [0.5, 0.6) is 0 Å². The molecule has 2 aromatic rings. The third-order valence-electron chi connectivity index (χ3n) is 2.36. The maximum absolute atomic E-state index is 12.0. The van der Waals surface area contributed by atoms with Crippen molar-refractivity contribution in [3.05, 3.63) is 21.8 Å². The molecule has 0 spiro atoms. The smallest absolute Gasteiger partial charge is 0.272 e. The molecule has 0 aliphatic carbocycles. The molecule has 0 bridgehead atoms. The third kappa shape index (κ3) is 1.46. The summed E-state index contributed by atoms with van der Waals surface area (Å²) in [6, 6.07) is 1.91. The molecular formula is C9H7BrN2OS2. The second-order valence-electron chi connectivity index (χ2n) is 3.34. The minimum Gasteiger partial charge on any atom is -0.285 e. The molecule has 0 amide bonds. The van der Waals surface area contributed by atoms with Crippen molar-refractivity contribution in [2.45, 2.75) is 17.0 Å². The van der Waals surface area contributed by atoms with Crippen LogP contribution in [-0.2, 0) is 6.54 Å². The van der Waals surface area contributed by atoms with Crippen molar-refractivity contribution >= 4 is 49.2 Å². The van der Waals surface area contributed by atoms with Crippen LogP contribution < -0.4 is 5.56 Å². The average Bonchev–Trinajstić information content (AvgIpc) is 2.83. The number of rotatable bonds is 1. The van der Waals surface area contributed by atoms with Gasteiger partial charge < -0.3 is 0 Å². The van der Waals surface area contributed by atoms with E-state index >= 15 is 0 Å². The van der Waals surface area contributed by atoms with E-state index in [2.05, 4.69) is 20.9 Å². The monoisotopic (exact) mass is 302 g/mol. The summed E-state index contributed by atoms with van der Waals surface area (Å²) in [7, 11) is 0. The van der Waals surface area contributed by atoms with Crippen LogP contribution in [0.25, 0.3) is 10.2 Å². The lowest BCUT2D eigenvalue weighted by Gasteiger charge is -2.00. The van der Waals surface area contributed by atoms with Gasteiger partial charge in [0.15, 0.2) is 5.16 Å². The maximum atomic E-state index is 12.0. The van der Waals surface area contributed by atoms with Gasteiger partial charge in [-0.15, -0.1) is 11.3 Å². The minimum atomic E-state index is 0.112. The van der Waals surface area contributed by atoms with Crippen LogP contribution >= 0.6 is 39.0 Å². The quantitative estimate of drug-likeness (QED) is 0.599. The number of hydrogen-bond acceptors (Lipinski definition) is 4. The number of halogens is 1. The molecule has 15 heavy (non-hydrogen) atoms. The van der Waals surface area contributed by atoms with Gasteiger partial charge in [-0.25, -0.2) is 4.98 Å². The van der Waals surface area contributed by atoms with Gasteiger partial charge in [0.2, 0.25) is 0 Å². The van der Waals surface area contributed by atoms with E-state index in [9.17, 15) is 4.79 Å². The van der Waals surface area contributed by atoms with Gasteiger partial charge in [0.1, 0.15) is 4.70 Å². The van der Waals surface area contributed by atoms with E-state index in [4.69, 9.17) is 0 Å². The summed E-state index contributed by atoms with van der Waals surface area (Å²) in [6.45, 7) is 0.769. The number of hydrogen-bond donors (Lipinski definition) is 0. The predicted molar refractivity (Wildman–Crippen MR) is 67.3 cm³/mol. The molecule has 0 radical (unpaired) electrons. The highest BCUT2D eigenvalue weighted by Crippen LogP contribution is 2.31. The Bertz CT molecular complexity index is 577. The number of aromatic nitrogens is 2. The molecule has 0 saturated heterocycles. The van der Waals surface area contributed by atoms with Crippen LogP contribution in [-0.4, -0.2) is 20.1 Å². The van der Waals surface area contributed by atoms with Gasteiger partial charge in [-0.2, -0.15) is 0 Å². The molecule has 1 aliphatic heterocycles. The molecule has 3 rings (SSSR count). The second-order valence-corrected chi connectivity index (χ2v) is 6.17. The zero-order valence-corrected chi connectivity index (χ0v) is 10.9. The van der Waals surface area contributed by atoms with E-state index in [-0.39, 0.29) is 5.56 Å². The summed E-state index contributed by atoms with van der Waals surface area (Å²) in [5.41, 5.74) is 0.944. The molecule has 1 aliphatic rings. The van der Waals surface area contributed by atoms with E-state index in [1.54, 1.807) is 16.3 Å². The number of thiophene rings is 1. The maximum Gasteiger partial charge on any atom is 0.272 e. The Balaban J connectivity index is 2.26. The van der Waals surface area contributed by atoms with Gasteiger partial charge in [0.25, 0.3) is 5.56 Å². The fraction of sp³-hybridized carbons (Fsp3) is 0.333. The first kappa shape index (κ1) is 9.86. The zero-order chi connectivity index (χ0) is 10.4. The first-order chi connectivity index (χ1) is 7.29. The SMILES string of the molecule is O=c1c2sccc2nc2n1C[C@H](CBr)S2. The van der Waals surface area contributed by atoms with Crippen molar-refractivity contribution in [1.82, 2.24) is 9.55 Å². The lowest BCUT2D eigenvalue weighted by molar-refractivity contribution is 0.633. The Morgan fingerprint density at radius 2 is 2.53 bits per heavy atom.